The predicted molar refractivity (Wildman–Crippen MR) is 316 cm³/mol. The van der Waals surface area contributed by atoms with Gasteiger partial charge in [-0.1, -0.05) is 279 Å². The first-order chi connectivity index (χ1) is 35.6. The minimum absolute atomic E-state index is 0.0537. The Hall–Kier alpha value is -3.18. The average Bonchev–Trinajstić information content (AvgIpc) is 3.38. The first-order valence-electron chi connectivity index (χ1n) is 30.8. The number of carbonyl (C=O) groups is 2. The number of hydrogen-bond donors (Lipinski definition) is 0. The monoisotopic (exact) mass is 1000 g/mol. The Morgan fingerprint density at radius 3 is 1.07 bits per heavy atom. The molecule has 0 rings (SSSR count). The second-order valence-corrected chi connectivity index (χ2v) is 20.2. The largest absolute Gasteiger partial charge is 0.462 e. The average molecular weight is 1000 g/mol. The predicted octanol–water partition coefficient (Wildman–Crippen LogP) is 21.4. The van der Waals surface area contributed by atoms with Gasteiger partial charge in [-0.25, -0.2) is 0 Å². The van der Waals surface area contributed by atoms with Crippen LogP contribution in [0.4, 0.5) is 0 Å². The molecule has 5 nitrogen and oxygen atoms in total. The fourth-order valence-electron chi connectivity index (χ4n) is 8.55. The first kappa shape index (κ1) is 68.8. The van der Waals surface area contributed by atoms with Gasteiger partial charge in [-0.3, -0.25) is 9.59 Å². The van der Waals surface area contributed by atoms with E-state index in [2.05, 4.69) is 118 Å². The van der Waals surface area contributed by atoms with Crippen LogP contribution in [0.25, 0.3) is 0 Å². The van der Waals surface area contributed by atoms with Crippen molar-refractivity contribution in [2.45, 2.75) is 297 Å². The standard InChI is InChI=1S/C67H116O5/c1-4-7-10-13-16-19-22-25-28-31-33-35-38-41-44-47-50-53-56-59-62-70-63-65(72-67(69)61-58-55-52-49-46-43-40-36-30-27-24-21-18-15-12-9-6-3)64-71-66(68)60-57-54-51-48-45-42-39-37-34-32-29-26-23-20-17-14-11-8-5-2/h9,12,17-18,20-21,26-27,29-30,34,37,40,43,49,52,65H,4-8,10-11,13-16,19,22-25,28,31-33,35-36,38-39,41-42,44-48,50-51,53-64H2,1-3H3/b12-9-,20-17-,21-18-,29-26-,30-27-,37-34-,43-40-,52-49-. The van der Waals surface area contributed by atoms with E-state index in [1.165, 1.54) is 161 Å². The summed E-state index contributed by atoms with van der Waals surface area (Å²) in [6, 6.07) is 0. The SMILES string of the molecule is CC/C=C\C/C=C\C/C=C\C/C=C\C/C=C\CCCC(=O)OC(COCCCCCCCCCCCCCCCCCCCCCC)COC(=O)CCCCCCCC/C=C\C/C=C\C/C=C\CCCCC. The van der Waals surface area contributed by atoms with Crippen molar-refractivity contribution in [2.24, 2.45) is 0 Å². The summed E-state index contributed by atoms with van der Waals surface area (Å²) in [6.07, 6.45) is 84.5. The molecule has 72 heavy (non-hydrogen) atoms. The maximum absolute atomic E-state index is 12.9. The van der Waals surface area contributed by atoms with Gasteiger partial charge in [-0.05, 0) is 96.3 Å². The Morgan fingerprint density at radius 2 is 0.639 bits per heavy atom. The van der Waals surface area contributed by atoms with E-state index in [4.69, 9.17) is 14.2 Å². The molecule has 0 fully saturated rings. The molecule has 0 spiro atoms. The van der Waals surface area contributed by atoms with Crippen molar-refractivity contribution in [2.75, 3.05) is 19.8 Å². The summed E-state index contributed by atoms with van der Waals surface area (Å²) in [7, 11) is 0. The van der Waals surface area contributed by atoms with Crippen molar-refractivity contribution < 1.29 is 23.8 Å². The van der Waals surface area contributed by atoms with E-state index >= 15 is 0 Å². The molecule has 0 radical (unpaired) electrons. The molecule has 0 N–H and O–H groups in total. The minimum Gasteiger partial charge on any atom is -0.462 e. The zero-order valence-electron chi connectivity index (χ0n) is 47.7. The molecule has 5 heteroatoms. The van der Waals surface area contributed by atoms with Crippen molar-refractivity contribution in [1.82, 2.24) is 0 Å². The topological polar surface area (TPSA) is 61.8 Å². The van der Waals surface area contributed by atoms with Crippen molar-refractivity contribution in [1.29, 1.82) is 0 Å². The Kier molecular flexibility index (Phi) is 59.4. The van der Waals surface area contributed by atoms with Crippen LogP contribution in [0.3, 0.4) is 0 Å². The van der Waals surface area contributed by atoms with Gasteiger partial charge in [0.15, 0.2) is 6.10 Å². The van der Waals surface area contributed by atoms with Crippen LogP contribution in [0.5, 0.6) is 0 Å². The van der Waals surface area contributed by atoms with Gasteiger partial charge >= 0.3 is 11.9 Å². The Labute approximate surface area is 447 Å². The van der Waals surface area contributed by atoms with Gasteiger partial charge in [0.1, 0.15) is 6.61 Å². The number of esters is 2. The Morgan fingerprint density at radius 1 is 0.319 bits per heavy atom. The van der Waals surface area contributed by atoms with Crippen LogP contribution in [-0.4, -0.2) is 37.9 Å². The molecule has 0 aliphatic carbocycles. The molecule has 0 aromatic carbocycles. The highest BCUT2D eigenvalue weighted by molar-refractivity contribution is 5.70. The highest BCUT2D eigenvalue weighted by Crippen LogP contribution is 2.16. The van der Waals surface area contributed by atoms with E-state index in [1.807, 2.05) is 0 Å². The first-order valence-corrected chi connectivity index (χ1v) is 30.8. The quantitative estimate of drug-likeness (QED) is 0.0345. The lowest BCUT2D eigenvalue weighted by Crippen LogP contribution is -2.30. The van der Waals surface area contributed by atoms with Crippen LogP contribution in [0.15, 0.2) is 97.2 Å². The molecule has 0 aromatic heterocycles. The van der Waals surface area contributed by atoms with E-state index in [1.54, 1.807) is 0 Å². The fourth-order valence-corrected chi connectivity index (χ4v) is 8.55. The van der Waals surface area contributed by atoms with Gasteiger partial charge in [-0.15, -0.1) is 0 Å². The molecular formula is C67H116O5. The van der Waals surface area contributed by atoms with Crippen molar-refractivity contribution >= 4 is 11.9 Å². The second kappa shape index (κ2) is 62.1. The van der Waals surface area contributed by atoms with Crippen LogP contribution in [-0.2, 0) is 23.8 Å². The number of hydrogen-bond acceptors (Lipinski definition) is 5. The molecule has 1 unspecified atom stereocenters. The van der Waals surface area contributed by atoms with Gasteiger partial charge in [0.05, 0.1) is 6.61 Å². The van der Waals surface area contributed by atoms with E-state index in [9.17, 15) is 9.59 Å². The zero-order valence-corrected chi connectivity index (χ0v) is 47.7. The third-order valence-corrected chi connectivity index (χ3v) is 13.1. The molecule has 0 aliphatic rings. The van der Waals surface area contributed by atoms with Crippen molar-refractivity contribution in [3.05, 3.63) is 97.2 Å². The lowest BCUT2D eigenvalue weighted by Gasteiger charge is -2.18. The normalized spacial score (nSPS) is 12.9. The molecule has 1 atom stereocenters. The molecular weight excluding hydrogens is 885 g/mol. The molecule has 0 saturated heterocycles. The summed E-state index contributed by atoms with van der Waals surface area (Å²) in [6.45, 7) is 7.65. The minimum atomic E-state index is -0.576. The lowest BCUT2D eigenvalue weighted by molar-refractivity contribution is -0.162. The van der Waals surface area contributed by atoms with E-state index in [0.29, 0.717) is 19.4 Å². The van der Waals surface area contributed by atoms with Gasteiger partial charge < -0.3 is 14.2 Å². The van der Waals surface area contributed by atoms with Crippen LogP contribution in [0, 0.1) is 0 Å². The van der Waals surface area contributed by atoms with Crippen molar-refractivity contribution in [3.8, 4) is 0 Å². The zero-order chi connectivity index (χ0) is 52.0. The van der Waals surface area contributed by atoms with E-state index < -0.39 is 6.10 Å². The number of ether oxygens (including phenoxy) is 3. The number of rotatable bonds is 56. The molecule has 0 aromatic rings. The molecule has 0 aliphatic heterocycles. The molecule has 0 amide bonds. The smallest absolute Gasteiger partial charge is 0.306 e. The summed E-state index contributed by atoms with van der Waals surface area (Å²) >= 11 is 0. The Balaban J connectivity index is 4.36. The third kappa shape index (κ3) is 59.4. The fraction of sp³-hybridized carbons (Fsp3) is 0.731. The Bertz CT molecular complexity index is 1360. The second-order valence-electron chi connectivity index (χ2n) is 20.2. The van der Waals surface area contributed by atoms with Crippen molar-refractivity contribution in [3.63, 3.8) is 0 Å². The maximum Gasteiger partial charge on any atom is 0.306 e. The van der Waals surface area contributed by atoms with Gasteiger partial charge in [-0.2, -0.15) is 0 Å². The summed E-state index contributed by atoms with van der Waals surface area (Å²) in [4.78, 5) is 25.6. The summed E-state index contributed by atoms with van der Waals surface area (Å²) < 4.78 is 17.5. The van der Waals surface area contributed by atoms with Crippen LogP contribution < -0.4 is 0 Å². The van der Waals surface area contributed by atoms with E-state index in [-0.39, 0.29) is 25.2 Å². The third-order valence-electron chi connectivity index (χ3n) is 13.1. The molecule has 0 saturated carbocycles. The summed E-state index contributed by atoms with van der Waals surface area (Å²) in [5.74, 6) is -0.472. The van der Waals surface area contributed by atoms with E-state index in [0.717, 1.165) is 96.3 Å². The highest BCUT2D eigenvalue weighted by Gasteiger charge is 2.17. The molecule has 0 bridgehead atoms. The van der Waals surface area contributed by atoms with Gasteiger partial charge in [0.25, 0.3) is 0 Å². The number of unbranched alkanes of at least 4 members (excludes halogenated alkanes) is 29. The lowest BCUT2D eigenvalue weighted by atomic mass is 10.0. The molecule has 0 heterocycles. The van der Waals surface area contributed by atoms with Crippen LogP contribution >= 0.6 is 0 Å². The summed E-state index contributed by atoms with van der Waals surface area (Å²) in [5, 5.41) is 0. The van der Waals surface area contributed by atoms with Crippen LogP contribution in [0.1, 0.15) is 290 Å². The highest BCUT2D eigenvalue weighted by atomic mass is 16.6. The van der Waals surface area contributed by atoms with Gasteiger partial charge in [0, 0.05) is 19.4 Å². The van der Waals surface area contributed by atoms with Gasteiger partial charge in [0.2, 0.25) is 0 Å². The number of carbonyl (C=O) groups excluding carboxylic acids is 2. The summed E-state index contributed by atoms with van der Waals surface area (Å²) in [5.41, 5.74) is 0. The maximum atomic E-state index is 12.9. The number of allylic oxidation sites excluding steroid dienone is 16. The van der Waals surface area contributed by atoms with Crippen LogP contribution in [0.2, 0.25) is 0 Å². The molecule has 414 valence electrons.